The van der Waals surface area contributed by atoms with E-state index >= 15 is 0 Å². The van der Waals surface area contributed by atoms with Crippen LogP contribution in [-0.4, -0.2) is 24.2 Å². The lowest BCUT2D eigenvalue weighted by Crippen LogP contribution is -2.48. The molecule has 5 nitrogen and oxygen atoms in total. The molecule has 2 rings (SSSR count). The van der Waals surface area contributed by atoms with Gasteiger partial charge in [0.2, 0.25) is 5.78 Å². The Hall–Kier alpha value is -0.490. The minimum absolute atomic E-state index is 0.0347. The van der Waals surface area contributed by atoms with Crippen molar-refractivity contribution in [2.75, 3.05) is 6.61 Å². The Balaban J connectivity index is 2.30. The van der Waals surface area contributed by atoms with Gasteiger partial charge in [0.15, 0.2) is 0 Å². The summed E-state index contributed by atoms with van der Waals surface area (Å²) < 4.78 is 9.98. The van der Waals surface area contributed by atoms with Crippen LogP contribution < -0.4 is 0 Å². The number of ether oxygens (including phenoxy) is 2. The van der Waals surface area contributed by atoms with Crippen molar-refractivity contribution in [2.24, 2.45) is 0 Å². The summed E-state index contributed by atoms with van der Waals surface area (Å²) in [6.07, 6.45) is 0. The first-order chi connectivity index (χ1) is 5.04. The van der Waals surface area contributed by atoms with Crippen LogP contribution in [0.25, 0.3) is 0 Å². The molecule has 0 radical (unpaired) electrons. The molecule has 0 aromatic heterocycles. The molecule has 2 heterocycles. The van der Waals surface area contributed by atoms with E-state index in [9.17, 15) is 4.79 Å². The first kappa shape index (κ1) is 7.17. The Labute approximate surface area is 63.1 Å². The van der Waals surface area contributed by atoms with Gasteiger partial charge in [0.05, 0.1) is 0 Å². The van der Waals surface area contributed by atoms with Gasteiger partial charge in [-0.3, -0.25) is 9.53 Å². The monoisotopic (exact) mass is 160 g/mol. The Morgan fingerprint density at radius 2 is 2.09 bits per heavy atom. The molecule has 0 saturated carbocycles. The number of hydrogen-bond donors (Lipinski definition) is 0. The fraction of sp³-hybridized carbons (Fsp3) is 0.833. The van der Waals surface area contributed by atoms with E-state index in [1.165, 1.54) is 6.92 Å². The van der Waals surface area contributed by atoms with E-state index in [4.69, 9.17) is 9.47 Å². The van der Waals surface area contributed by atoms with Crippen LogP contribution in [0.3, 0.4) is 0 Å². The second-order valence-electron chi connectivity index (χ2n) is 2.79. The lowest BCUT2D eigenvalue weighted by atomic mass is 10.2. The minimum Gasteiger partial charge on any atom is -0.318 e. The second-order valence-corrected chi connectivity index (χ2v) is 2.79. The van der Waals surface area contributed by atoms with E-state index < -0.39 is 11.8 Å². The summed E-state index contributed by atoms with van der Waals surface area (Å²) in [5.41, 5.74) is 0. The summed E-state index contributed by atoms with van der Waals surface area (Å²) >= 11 is 0. The third-order valence-corrected chi connectivity index (χ3v) is 1.70. The van der Waals surface area contributed by atoms with E-state index in [0.717, 1.165) is 0 Å². The van der Waals surface area contributed by atoms with Crippen molar-refractivity contribution in [3.8, 4) is 0 Å². The zero-order valence-corrected chi connectivity index (χ0v) is 6.25. The van der Waals surface area contributed by atoms with Crippen LogP contribution in [0.15, 0.2) is 0 Å². The SMILES string of the molecule is CC12OCC(=O)C(C)(OO1)O2. The van der Waals surface area contributed by atoms with E-state index in [1.54, 1.807) is 6.92 Å². The molecule has 0 amide bonds. The molecular formula is C6H8O5. The first-order valence-electron chi connectivity index (χ1n) is 3.28. The first-order valence-corrected chi connectivity index (χ1v) is 3.28. The highest BCUT2D eigenvalue weighted by molar-refractivity contribution is 5.87. The van der Waals surface area contributed by atoms with Gasteiger partial charge < -0.3 is 4.74 Å². The van der Waals surface area contributed by atoms with Crippen molar-refractivity contribution in [1.29, 1.82) is 0 Å². The fourth-order valence-electron chi connectivity index (χ4n) is 1.03. The Bertz CT molecular complexity index is 215. The maximum absolute atomic E-state index is 11.1. The van der Waals surface area contributed by atoms with Gasteiger partial charge >= 0.3 is 5.97 Å². The molecule has 2 aliphatic heterocycles. The topological polar surface area (TPSA) is 54.0 Å². The van der Waals surface area contributed by atoms with Gasteiger partial charge in [-0.2, -0.15) is 9.78 Å². The highest BCUT2D eigenvalue weighted by Gasteiger charge is 2.57. The standard InChI is InChI=1S/C6H8O5/c1-5-4(7)3-8-6(2,9-5)11-10-5/h3H2,1-2H3. The summed E-state index contributed by atoms with van der Waals surface area (Å²) in [7, 11) is 0. The van der Waals surface area contributed by atoms with Crippen LogP contribution in [0.1, 0.15) is 13.8 Å². The molecule has 2 bridgehead atoms. The third kappa shape index (κ3) is 0.893. The fourth-order valence-corrected chi connectivity index (χ4v) is 1.03. The lowest BCUT2D eigenvalue weighted by Gasteiger charge is -2.27. The smallest absolute Gasteiger partial charge is 0.312 e. The molecular weight excluding hydrogens is 152 g/mol. The summed E-state index contributed by atoms with van der Waals surface area (Å²) in [4.78, 5) is 20.4. The molecule has 2 aliphatic rings. The summed E-state index contributed by atoms with van der Waals surface area (Å²) in [5, 5.41) is 0. The highest BCUT2D eigenvalue weighted by Crippen LogP contribution is 2.37. The van der Waals surface area contributed by atoms with Crippen LogP contribution in [0, 0.1) is 0 Å². The number of carbonyl (C=O) groups is 1. The van der Waals surface area contributed by atoms with Crippen LogP contribution in [0.5, 0.6) is 0 Å². The van der Waals surface area contributed by atoms with Gasteiger partial charge in [-0.25, -0.2) is 0 Å². The minimum atomic E-state index is -1.27. The Morgan fingerprint density at radius 1 is 1.36 bits per heavy atom. The molecule has 0 N–H and O–H groups in total. The van der Waals surface area contributed by atoms with Crippen LogP contribution in [-0.2, 0) is 24.0 Å². The predicted molar refractivity (Wildman–Crippen MR) is 31.0 cm³/mol. The quantitative estimate of drug-likeness (QED) is 0.465. The van der Waals surface area contributed by atoms with Crippen molar-refractivity contribution < 1.29 is 24.0 Å². The molecule has 62 valence electrons. The van der Waals surface area contributed by atoms with E-state index in [1.807, 2.05) is 0 Å². The molecule has 0 aromatic carbocycles. The Morgan fingerprint density at radius 3 is 2.73 bits per heavy atom. The van der Waals surface area contributed by atoms with Gasteiger partial charge in [-0.15, -0.1) is 0 Å². The number of ketones is 1. The summed E-state index contributed by atoms with van der Waals surface area (Å²) in [6, 6.07) is 0. The molecule has 5 heteroatoms. The van der Waals surface area contributed by atoms with Crippen molar-refractivity contribution in [3.05, 3.63) is 0 Å². The van der Waals surface area contributed by atoms with E-state index in [-0.39, 0.29) is 12.4 Å². The van der Waals surface area contributed by atoms with Gasteiger partial charge in [-0.05, 0) is 0 Å². The van der Waals surface area contributed by atoms with Crippen molar-refractivity contribution in [1.82, 2.24) is 0 Å². The van der Waals surface area contributed by atoms with Crippen molar-refractivity contribution in [2.45, 2.75) is 25.6 Å². The highest BCUT2D eigenvalue weighted by atomic mass is 17.3. The van der Waals surface area contributed by atoms with Gasteiger partial charge in [0, 0.05) is 13.8 Å². The summed E-state index contributed by atoms with van der Waals surface area (Å²) in [6.45, 7) is 3.01. The average molecular weight is 160 g/mol. The second kappa shape index (κ2) is 1.81. The molecule has 2 atom stereocenters. The lowest BCUT2D eigenvalue weighted by molar-refractivity contribution is -0.400. The maximum atomic E-state index is 11.1. The number of hydrogen-bond acceptors (Lipinski definition) is 5. The zero-order valence-electron chi connectivity index (χ0n) is 6.25. The van der Waals surface area contributed by atoms with E-state index in [0.29, 0.717) is 0 Å². The normalized spacial score (nSPS) is 49.8. The molecule has 0 spiro atoms. The molecule has 2 fully saturated rings. The number of carbonyl (C=O) groups excluding carboxylic acids is 1. The van der Waals surface area contributed by atoms with Gasteiger partial charge in [-0.1, -0.05) is 0 Å². The van der Waals surface area contributed by atoms with Crippen LogP contribution >= 0.6 is 0 Å². The number of fused-ring (bicyclic) bond motifs is 2. The molecule has 2 saturated heterocycles. The van der Waals surface area contributed by atoms with Crippen LogP contribution in [0.2, 0.25) is 0 Å². The Kier molecular flexibility index (Phi) is 1.18. The molecule has 0 aliphatic carbocycles. The van der Waals surface area contributed by atoms with Gasteiger partial charge in [0.25, 0.3) is 5.79 Å². The largest absolute Gasteiger partial charge is 0.318 e. The van der Waals surface area contributed by atoms with Gasteiger partial charge in [0.1, 0.15) is 6.61 Å². The molecule has 2 unspecified atom stereocenters. The van der Waals surface area contributed by atoms with E-state index in [2.05, 4.69) is 9.78 Å². The van der Waals surface area contributed by atoms with Crippen molar-refractivity contribution >= 4 is 5.78 Å². The predicted octanol–water partition coefficient (Wildman–Crippen LogP) is -0.0460. The summed E-state index contributed by atoms with van der Waals surface area (Å²) in [5.74, 6) is -2.75. The number of Topliss-reactive ketones (excluding diaryl/α,β-unsaturated/α-hetero) is 1. The maximum Gasteiger partial charge on any atom is 0.312 e. The van der Waals surface area contributed by atoms with Crippen LogP contribution in [0.4, 0.5) is 0 Å². The number of rotatable bonds is 0. The zero-order chi connectivity index (χ0) is 8.11. The molecule has 0 aromatic rings. The average Bonchev–Trinajstić information content (AvgIpc) is 2.20. The third-order valence-electron chi connectivity index (χ3n) is 1.70. The van der Waals surface area contributed by atoms with Crippen molar-refractivity contribution in [3.63, 3.8) is 0 Å². The molecule has 11 heavy (non-hydrogen) atoms.